The van der Waals surface area contributed by atoms with Crippen molar-refractivity contribution in [3.8, 4) is 0 Å². The van der Waals surface area contributed by atoms with Crippen LogP contribution >= 0.6 is 0 Å². The van der Waals surface area contributed by atoms with Crippen LogP contribution in [0.1, 0.15) is 138 Å². The van der Waals surface area contributed by atoms with E-state index in [2.05, 4.69) is 6.92 Å². The lowest BCUT2D eigenvalue weighted by Gasteiger charge is -2.50. The zero-order chi connectivity index (χ0) is 32.1. The number of ether oxygens (including phenoxy) is 2. The van der Waals surface area contributed by atoms with E-state index in [1.807, 2.05) is 13.8 Å². The van der Waals surface area contributed by atoms with Gasteiger partial charge in [0.25, 0.3) is 0 Å². The fourth-order valence-electron chi connectivity index (χ4n) is 8.47. The first-order chi connectivity index (χ1) is 20.2. The Morgan fingerprint density at radius 2 is 1.49 bits per heavy atom. The molecule has 3 aliphatic rings. The van der Waals surface area contributed by atoms with Crippen molar-refractivity contribution in [1.29, 1.82) is 0 Å². The summed E-state index contributed by atoms with van der Waals surface area (Å²) < 4.78 is 12.2. The van der Waals surface area contributed by atoms with Crippen LogP contribution in [-0.4, -0.2) is 62.6 Å². The predicted octanol–water partition coefficient (Wildman–Crippen LogP) is 5.98. The summed E-state index contributed by atoms with van der Waals surface area (Å²) >= 11 is 0. The van der Waals surface area contributed by atoms with E-state index >= 15 is 0 Å². The molecule has 0 heterocycles. The highest BCUT2D eigenvalue weighted by Crippen LogP contribution is 2.76. The second kappa shape index (κ2) is 14.6. The number of Topliss-reactive ketones (excluding diaryl/α,β-unsaturated/α-hetero) is 1. The number of aliphatic hydroxyl groups excluding tert-OH is 1. The van der Waals surface area contributed by atoms with Gasteiger partial charge in [-0.2, -0.15) is 0 Å². The van der Waals surface area contributed by atoms with Gasteiger partial charge in [-0.1, -0.05) is 105 Å². The topological polar surface area (TPSA) is 130 Å². The van der Waals surface area contributed by atoms with Gasteiger partial charge < -0.3 is 24.8 Å². The Bertz CT molecular complexity index is 1020. The Balaban J connectivity index is 1.74. The highest BCUT2D eigenvalue weighted by molar-refractivity contribution is 5.87. The Morgan fingerprint density at radius 1 is 0.930 bits per heavy atom. The van der Waals surface area contributed by atoms with E-state index in [9.17, 15) is 29.7 Å². The predicted molar refractivity (Wildman–Crippen MR) is 165 cm³/mol. The van der Waals surface area contributed by atoms with E-state index in [4.69, 9.17) is 9.47 Å². The first kappa shape index (κ1) is 35.7. The third kappa shape index (κ3) is 7.22. The maximum absolute atomic E-state index is 13.2. The molecule has 0 aromatic rings. The third-order valence-corrected chi connectivity index (χ3v) is 10.9. The fourth-order valence-corrected chi connectivity index (χ4v) is 8.47. The van der Waals surface area contributed by atoms with E-state index in [0.717, 1.165) is 19.3 Å². The Kier molecular flexibility index (Phi) is 12.1. The number of esters is 2. The van der Waals surface area contributed by atoms with Crippen LogP contribution in [0.5, 0.6) is 0 Å². The van der Waals surface area contributed by atoms with Crippen molar-refractivity contribution in [2.45, 2.75) is 161 Å². The standard InChI is InChI=1S/C35H58O8/c1-7-9-10-11-12-13-14-15-16-17-18-19-29(39)42-31-24(3)34(41)23-33(40,28(38)8-2)21-26(22-36)20-27(34)30-32(5,6)35(30,31)43-25(4)37/h20,24,27,30-31,36,40-41H,7-19,21-23H2,1-6H3/t24-,27+,30-,31-,33-,34-,35-/m1/s1. The van der Waals surface area contributed by atoms with Gasteiger partial charge in [-0.3, -0.25) is 14.4 Å². The number of carbonyl (C=O) groups excluding carboxylic acids is 3. The minimum absolute atomic E-state index is 0.0774. The minimum atomic E-state index is -1.87. The molecular formula is C35H58O8. The summed E-state index contributed by atoms with van der Waals surface area (Å²) in [5.74, 6) is -3.14. The monoisotopic (exact) mass is 606 g/mol. The van der Waals surface area contributed by atoms with Gasteiger partial charge in [0, 0.05) is 55.8 Å². The number of unbranched alkanes of at least 4 members (excludes halogenated alkanes) is 10. The number of aliphatic hydroxyl groups is 3. The van der Waals surface area contributed by atoms with Crippen LogP contribution in [0.25, 0.3) is 0 Å². The number of hydrogen-bond donors (Lipinski definition) is 3. The van der Waals surface area contributed by atoms with Crippen LogP contribution in [0.15, 0.2) is 11.6 Å². The molecule has 0 radical (unpaired) electrons. The van der Waals surface area contributed by atoms with Crippen molar-refractivity contribution in [3.05, 3.63) is 11.6 Å². The van der Waals surface area contributed by atoms with E-state index in [1.54, 1.807) is 19.9 Å². The molecule has 2 saturated carbocycles. The van der Waals surface area contributed by atoms with E-state index in [1.165, 1.54) is 51.9 Å². The van der Waals surface area contributed by atoms with Crippen LogP contribution in [0.2, 0.25) is 0 Å². The Morgan fingerprint density at radius 3 is 2.00 bits per heavy atom. The fraction of sp³-hybridized carbons (Fsp3) is 0.857. The van der Waals surface area contributed by atoms with Crippen molar-refractivity contribution in [1.82, 2.24) is 0 Å². The van der Waals surface area contributed by atoms with Crippen molar-refractivity contribution in [2.75, 3.05) is 6.61 Å². The molecular weight excluding hydrogens is 548 g/mol. The van der Waals surface area contributed by atoms with Gasteiger partial charge in [-0.15, -0.1) is 0 Å². The second-order valence-electron chi connectivity index (χ2n) is 14.2. The molecule has 3 N–H and O–H groups in total. The Hall–Kier alpha value is -1.77. The van der Waals surface area contributed by atoms with E-state index in [-0.39, 0.29) is 32.3 Å². The summed E-state index contributed by atoms with van der Waals surface area (Å²) in [6.45, 7) is 10.5. The summed E-state index contributed by atoms with van der Waals surface area (Å²) in [5, 5.41) is 34.1. The van der Waals surface area contributed by atoms with Gasteiger partial charge in [-0.05, 0) is 12.0 Å². The normalized spacial score (nSPS) is 34.3. The van der Waals surface area contributed by atoms with Crippen LogP contribution < -0.4 is 0 Å². The van der Waals surface area contributed by atoms with Crippen molar-refractivity contribution in [2.24, 2.45) is 23.2 Å². The molecule has 0 unspecified atom stereocenters. The average Bonchev–Trinajstić information content (AvgIpc) is 3.47. The lowest BCUT2D eigenvalue weighted by atomic mass is 9.63. The number of fused-ring (bicyclic) bond motifs is 3. The molecule has 0 aromatic carbocycles. The largest absolute Gasteiger partial charge is 0.458 e. The molecule has 43 heavy (non-hydrogen) atoms. The summed E-state index contributed by atoms with van der Waals surface area (Å²) in [6.07, 6.45) is 13.6. The number of rotatable bonds is 17. The molecule has 7 atom stereocenters. The van der Waals surface area contributed by atoms with Gasteiger partial charge in [0.2, 0.25) is 0 Å². The van der Waals surface area contributed by atoms with Gasteiger partial charge >= 0.3 is 11.9 Å². The molecule has 0 saturated heterocycles. The minimum Gasteiger partial charge on any atom is -0.458 e. The Labute approximate surface area is 259 Å². The SMILES string of the molecule is CCCCCCCCCCCCCC(=O)O[C@@H]1[C@@H](C)[C@]2(O)C[C@@](O)(C(=O)CC)CC(CO)=C[C@H]2[C@@H]2C(C)(C)[C@]12OC(C)=O. The molecule has 3 rings (SSSR count). The molecule has 8 nitrogen and oxygen atoms in total. The summed E-state index contributed by atoms with van der Waals surface area (Å²) in [4.78, 5) is 38.7. The van der Waals surface area contributed by atoms with Crippen molar-refractivity contribution < 1.29 is 39.2 Å². The lowest BCUT2D eigenvalue weighted by Crippen LogP contribution is -2.62. The first-order valence-electron chi connectivity index (χ1n) is 16.9. The van der Waals surface area contributed by atoms with Crippen molar-refractivity contribution >= 4 is 17.7 Å². The molecule has 0 aliphatic heterocycles. The molecule has 8 heteroatoms. The summed E-state index contributed by atoms with van der Waals surface area (Å²) in [5.41, 5.74) is -4.89. The average molecular weight is 607 g/mol. The van der Waals surface area contributed by atoms with Crippen LogP contribution in [0.3, 0.4) is 0 Å². The van der Waals surface area contributed by atoms with Gasteiger partial charge in [-0.25, -0.2) is 0 Å². The lowest BCUT2D eigenvalue weighted by molar-refractivity contribution is -0.218. The molecule has 0 aromatic heterocycles. The molecule has 2 fully saturated rings. The smallest absolute Gasteiger partial charge is 0.306 e. The highest BCUT2D eigenvalue weighted by Gasteiger charge is 2.86. The van der Waals surface area contributed by atoms with Crippen LogP contribution in [0, 0.1) is 23.2 Å². The van der Waals surface area contributed by atoms with E-state index < -0.39 is 63.8 Å². The van der Waals surface area contributed by atoms with Gasteiger partial charge in [0.1, 0.15) is 11.7 Å². The number of ketones is 1. The maximum Gasteiger partial charge on any atom is 0.306 e. The first-order valence-corrected chi connectivity index (χ1v) is 16.9. The van der Waals surface area contributed by atoms with E-state index in [0.29, 0.717) is 12.0 Å². The van der Waals surface area contributed by atoms with Crippen molar-refractivity contribution in [3.63, 3.8) is 0 Å². The number of carbonyl (C=O) groups is 3. The quantitative estimate of drug-likeness (QED) is 0.105. The molecule has 3 aliphatic carbocycles. The maximum atomic E-state index is 13.2. The summed E-state index contributed by atoms with van der Waals surface area (Å²) in [6, 6.07) is 0. The van der Waals surface area contributed by atoms with Gasteiger partial charge in [0.05, 0.1) is 12.2 Å². The molecule has 0 spiro atoms. The molecule has 0 bridgehead atoms. The van der Waals surface area contributed by atoms with Crippen LogP contribution in [-0.2, 0) is 23.9 Å². The zero-order valence-corrected chi connectivity index (χ0v) is 27.6. The van der Waals surface area contributed by atoms with Crippen LogP contribution in [0.4, 0.5) is 0 Å². The molecule has 0 amide bonds. The zero-order valence-electron chi connectivity index (χ0n) is 27.6. The number of hydrogen-bond acceptors (Lipinski definition) is 8. The highest BCUT2D eigenvalue weighted by atomic mass is 16.6. The molecule has 246 valence electrons. The summed E-state index contributed by atoms with van der Waals surface area (Å²) in [7, 11) is 0. The second-order valence-corrected chi connectivity index (χ2v) is 14.2. The van der Waals surface area contributed by atoms with Gasteiger partial charge in [0.15, 0.2) is 11.4 Å². The third-order valence-electron chi connectivity index (χ3n) is 10.9.